The average molecular weight is 208 g/mol. The summed E-state index contributed by atoms with van der Waals surface area (Å²) < 4.78 is 0. The standard InChI is InChI=1S/C11H20N4/c1-9(2)15(7-4-12)10(3)11-8-13-5-6-14-11/h5-6,8-10H,4,7,12H2,1-3H3/t10-/m1/s1. The Balaban J connectivity index is 2.76. The van der Waals surface area contributed by atoms with E-state index < -0.39 is 0 Å². The molecule has 0 radical (unpaired) electrons. The van der Waals surface area contributed by atoms with Crippen LogP contribution in [0.2, 0.25) is 0 Å². The highest BCUT2D eigenvalue weighted by molar-refractivity contribution is 5.01. The van der Waals surface area contributed by atoms with Crippen LogP contribution in [0, 0.1) is 0 Å². The molecule has 0 spiro atoms. The molecule has 0 saturated heterocycles. The van der Waals surface area contributed by atoms with Gasteiger partial charge in [-0.2, -0.15) is 0 Å². The fraction of sp³-hybridized carbons (Fsp3) is 0.636. The van der Waals surface area contributed by atoms with Gasteiger partial charge in [0.2, 0.25) is 0 Å². The smallest absolute Gasteiger partial charge is 0.0755 e. The highest BCUT2D eigenvalue weighted by Crippen LogP contribution is 2.18. The van der Waals surface area contributed by atoms with Crippen LogP contribution < -0.4 is 5.73 Å². The molecule has 0 amide bonds. The predicted octanol–water partition coefficient (Wildman–Crippen LogP) is 1.21. The molecule has 1 rings (SSSR count). The number of nitrogens with two attached hydrogens (primary N) is 1. The first-order chi connectivity index (χ1) is 7.16. The van der Waals surface area contributed by atoms with Crippen LogP contribution in [0.25, 0.3) is 0 Å². The number of nitrogens with zero attached hydrogens (tertiary/aromatic N) is 3. The van der Waals surface area contributed by atoms with Crippen LogP contribution in [0.15, 0.2) is 18.6 Å². The van der Waals surface area contributed by atoms with Crippen LogP contribution in [0.1, 0.15) is 32.5 Å². The molecule has 0 aliphatic carbocycles. The van der Waals surface area contributed by atoms with E-state index in [1.807, 2.05) is 6.20 Å². The van der Waals surface area contributed by atoms with Crippen LogP contribution >= 0.6 is 0 Å². The average Bonchev–Trinajstić information content (AvgIpc) is 2.26. The van der Waals surface area contributed by atoms with Gasteiger partial charge in [0, 0.05) is 37.7 Å². The first kappa shape index (κ1) is 12.1. The normalized spacial score (nSPS) is 13.5. The lowest BCUT2D eigenvalue weighted by Crippen LogP contribution is -2.37. The summed E-state index contributed by atoms with van der Waals surface area (Å²) in [5.74, 6) is 0. The zero-order chi connectivity index (χ0) is 11.3. The minimum atomic E-state index is 0.266. The molecule has 0 bridgehead atoms. The van der Waals surface area contributed by atoms with Gasteiger partial charge >= 0.3 is 0 Å². The Kier molecular flexibility index (Phi) is 4.65. The topological polar surface area (TPSA) is 55.0 Å². The van der Waals surface area contributed by atoms with Crippen molar-refractivity contribution in [3.8, 4) is 0 Å². The van der Waals surface area contributed by atoms with E-state index in [2.05, 4.69) is 35.6 Å². The summed E-state index contributed by atoms with van der Waals surface area (Å²) >= 11 is 0. The minimum Gasteiger partial charge on any atom is -0.329 e. The van der Waals surface area contributed by atoms with Crippen LogP contribution in [0.5, 0.6) is 0 Å². The summed E-state index contributed by atoms with van der Waals surface area (Å²) in [6.07, 6.45) is 5.24. The van der Waals surface area contributed by atoms with Crippen molar-refractivity contribution in [2.75, 3.05) is 13.1 Å². The quantitative estimate of drug-likeness (QED) is 0.790. The Labute approximate surface area is 91.5 Å². The summed E-state index contributed by atoms with van der Waals surface area (Å²) in [5.41, 5.74) is 6.61. The zero-order valence-corrected chi connectivity index (χ0v) is 9.72. The van der Waals surface area contributed by atoms with Gasteiger partial charge in [-0.1, -0.05) is 0 Å². The van der Waals surface area contributed by atoms with Crippen LogP contribution in [0.3, 0.4) is 0 Å². The Morgan fingerprint density at radius 2 is 2.07 bits per heavy atom. The summed E-state index contributed by atoms with van der Waals surface area (Å²) in [4.78, 5) is 10.7. The van der Waals surface area contributed by atoms with Gasteiger partial charge in [0.1, 0.15) is 0 Å². The van der Waals surface area contributed by atoms with E-state index in [1.165, 1.54) is 0 Å². The molecule has 1 aromatic rings. The van der Waals surface area contributed by atoms with E-state index >= 15 is 0 Å². The first-order valence-corrected chi connectivity index (χ1v) is 5.38. The maximum absolute atomic E-state index is 5.61. The van der Waals surface area contributed by atoms with E-state index in [-0.39, 0.29) is 6.04 Å². The lowest BCUT2D eigenvalue weighted by molar-refractivity contribution is 0.166. The second-order valence-electron chi connectivity index (χ2n) is 3.93. The van der Waals surface area contributed by atoms with Gasteiger partial charge < -0.3 is 5.73 Å². The molecule has 0 aliphatic rings. The molecule has 0 fully saturated rings. The molecule has 0 aromatic carbocycles. The van der Waals surface area contributed by atoms with E-state index in [1.54, 1.807) is 12.4 Å². The fourth-order valence-electron chi connectivity index (χ4n) is 1.74. The van der Waals surface area contributed by atoms with Gasteiger partial charge in [0.15, 0.2) is 0 Å². The number of hydrogen-bond donors (Lipinski definition) is 1. The molecule has 1 atom stereocenters. The van der Waals surface area contributed by atoms with Gasteiger partial charge in [-0.15, -0.1) is 0 Å². The highest BCUT2D eigenvalue weighted by atomic mass is 15.2. The molecule has 0 unspecified atom stereocenters. The van der Waals surface area contributed by atoms with Crippen LogP contribution in [-0.4, -0.2) is 34.0 Å². The molecular weight excluding hydrogens is 188 g/mol. The maximum atomic E-state index is 5.61. The lowest BCUT2D eigenvalue weighted by atomic mass is 10.1. The van der Waals surface area contributed by atoms with Crippen molar-refractivity contribution >= 4 is 0 Å². The molecule has 0 saturated carbocycles. The molecule has 4 nitrogen and oxygen atoms in total. The van der Waals surface area contributed by atoms with E-state index in [0.29, 0.717) is 12.6 Å². The molecule has 1 aromatic heterocycles. The third-order valence-corrected chi connectivity index (χ3v) is 2.56. The minimum absolute atomic E-state index is 0.266. The van der Waals surface area contributed by atoms with Crippen molar-refractivity contribution < 1.29 is 0 Å². The van der Waals surface area contributed by atoms with Crippen molar-refractivity contribution in [1.82, 2.24) is 14.9 Å². The molecule has 15 heavy (non-hydrogen) atoms. The molecule has 84 valence electrons. The third-order valence-electron chi connectivity index (χ3n) is 2.56. The monoisotopic (exact) mass is 208 g/mol. The van der Waals surface area contributed by atoms with Crippen molar-refractivity contribution in [1.29, 1.82) is 0 Å². The van der Waals surface area contributed by atoms with Gasteiger partial charge in [-0.25, -0.2) is 0 Å². The Bertz CT molecular complexity index is 273. The maximum Gasteiger partial charge on any atom is 0.0755 e. The van der Waals surface area contributed by atoms with Crippen LogP contribution in [0.4, 0.5) is 0 Å². The Hall–Kier alpha value is -1.00. The molecule has 0 aliphatic heterocycles. The zero-order valence-electron chi connectivity index (χ0n) is 9.72. The predicted molar refractivity (Wildman–Crippen MR) is 61.3 cm³/mol. The molecule has 4 heteroatoms. The Morgan fingerprint density at radius 1 is 1.33 bits per heavy atom. The number of hydrogen-bond acceptors (Lipinski definition) is 4. The molecule has 2 N–H and O–H groups in total. The van der Waals surface area contributed by atoms with Gasteiger partial charge in [-0.3, -0.25) is 14.9 Å². The Morgan fingerprint density at radius 3 is 2.53 bits per heavy atom. The van der Waals surface area contributed by atoms with E-state index in [4.69, 9.17) is 5.73 Å². The summed E-state index contributed by atoms with van der Waals surface area (Å²) in [7, 11) is 0. The van der Waals surface area contributed by atoms with Crippen molar-refractivity contribution in [2.45, 2.75) is 32.9 Å². The second kappa shape index (κ2) is 5.78. The number of rotatable bonds is 5. The van der Waals surface area contributed by atoms with E-state index in [0.717, 1.165) is 12.2 Å². The second-order valence-corrected chi connectivity index (χ2v) is 3.93. The van der Waals surface area contributed by atoms with Crippen LogP contribution in [-0.2, 0) is 0 Å². The third kappa shape index (κ3) is 3.25. The molecular formula is C11H20N4. The van der Waals surface area contributed by atoms with E-state index in [9.17, 15) is 0 Å². The molecule has 1 heterocycles. The summed E-state index contributed by atoms with van der Waals surface area (Å²) in [5, 5.41) is 0. The highest BCUT2D eigenvalue weighted by Gasteiger charge is 2.18. The van der Waals surface area contributed by atoms with Gasteiger partial charge in [0.25, 0.3) is 0 Å². The largest absolute Gasteiger partial charge is 0.329 e. The van der Waals surface area contributed by atoms with Gasteiger partial charge in [-0.05, 0) is 20.8 Å². The summed E-state index contributed by atoms with van der Waals surface area (Å²) in [6.45, 7) is 8.03. The van der Waals surface area contributed by atoms with Crippen molar-refractivity contribution in [2.24, 2.45) is 5.73 Å². The van der Waals surface area contributed by atoms with Crippen molar-refractivity contribution in [3.05, 3.63) is 24.3 Å². The first-order valence-electron chi connectivity index (χ1n) is 5.38. The van der Waals surface area contributed by atoms with Crippen molar-refractivity contribution in [3.63, 3.8) is 0 Å². The van der Waals surface area contributed by atoms with Gasteiger partial charge in [0.05, 0.1) is 11.7 Å². The SMILES string of the molecule is CC(C)N(CCN)[C@H](C)c1cnccn1. The number of aromatic nitrogens is 2. The lowest BCUT2D eigenvalue weighted by Gasteiger charge is -2.31. The summed E-state index contributed by atoms with van der Waals surface area (Å²) in [6, 6.07) is 0.729. The fourth-order valence-corrected chi connectivity index (χ4v) is 1.74.